The van der Waals surface area contributed by atoms with E-state index in [0.717, 1.165) is 20.7 Å². The molecule has 0 unspecified atom stereocenters. The van der Waals surface area contributed by atoms with Crippen LogP contribution in [0.25, 0.3) is 0 Å². The molecular weight excluding hydrogens is 401 g/mol. The highest BCUT2D eigenvalue weighted by atomic mass is 32.1. The first-order valence-corrected chi connectivity index (χ1v) is 9.99. The van der Waals surface area contributed by atoms with Gasteiger partial charge in [-0.05, 0) is 23.9 Å². The molecule has 152 valence electrons. The molecular formula is C20H19F3N4OS. The molecule has 0 fully saturated rings. The summed E-state index contributed by atoms with van der Waals surface area (Å²) < 4.78 is 42.1. The highest BCUT2D eigenvalue weighted by Crippen LogP contribution is 2.43. The lowest BCUT2D eigenvalue weighted by atomic mass is 9.96. The Balaban J connectivity index is 1.59. The third-order valence-corrected chi connectivity index (χ3v) is 5.78. The number of rotatable bonds is 4. The van der Waals surface area contributed by atoms with Gasteiger partial charge in [-0.3, -0.25) is 4.79 Å². The summed E-state index contributed by atoms with van der Waals surface area (Å²) >= 11 is 1.49. The molecule has 3 aromatic rings. The van der Waals surface area contributed by atoms with Gasteiger partial charge in [-0.1, -0.05) is 35.9 Å². The summed E-state index contributed by atoms with van der Waals surface area (Å²) in [6.45, 7) is 2.23. The number of benzene rings is 1. The molecule has 1 aliphatic heterocycles. The van der Waals surface area contributed by atoms with Gasteiger partial charge in [-0.15, -0.1) is 11.3 Å². The average Bonchev–Trinajstić information content (AvgIpc) is 3.34. The lowest BCUT2D eigenvalue weighted by molar-refractivity contribution is -0.173. The van der Waals surface area contributed by atoms with E-state index in [2.05, 4.69) is 15.7 Å². The second kappa shape index (κ2) is 7.55. The molecule has 2 aromatic heterocycles. The Kier molecular flexibility index (Phi) is 5.08. The molecule has 0 saturated carbocycles. The molecule has 0 saturated heterocycles. The summed E-state index contributed by atoms with van der Waals surface area (Å²) in [5, 5.41) is 11.7. The summed E-state index contributed by atoms with van der Waals surface area (Å²) in [6, 6.07) is 10.2. The minimum Gasteiger partial charge on any atom is -0.363 e. The predicted octanol–water partition coefficient (Wildman–Crippen LogP) is 4.84. The van der Waals surface area contributed by atoms with Gasteiger partial charge in [0.15, 0.2) is 11.7 Å². The van der Waals surface area contributed by atoms with Gasteiger partial charge in [-0.2, -0.15) is 18.3 Å². The Labute approximate surface area is 169 Å². The quantitative estimate of drug-likeness (QED) is 0.635. The molecule has 1 aromatic carbocycles. The van der Waals surface area contributed by atoms with E-state index in [1.54, 1.807) is 0 Å². The summed E-state index contributed by atoms with van der Waals surface area (Å²) in [4.78, 5) is 13.4. The number of carbonyl (C=O) groups is 1. The highest BCUT2D eigenvalue weighted by Gasteiger charge is 2.46. The van der Waals surface area contributed by atoms with Crippen LogP contribution in [0.15, 0.2) is 47.8 Å². The van der Waals surface area contributed by atoms with Crippen LogP contribution in [0.1, 0.15) is 45.0 Å². The zero-order valence-electron chi connectivity index (χ0n) is 15.5. The van der Waals surface area contributed by atoms with Crippen LogP contribution in [-0.4, -0.2) is 21.9 Å². The molecule has 29 heavy (non-hydrogen) atoms. The van der Waals surface area contributed by atoms with Crippen LogP contribution in [-0.2, 0) is 6.54 Å². The van der Waals surface area contributed by atoms with E-state index in [4.69, 9.17) is 0 Å². The van der Waals surface area contributed by atoms with E-state index < -0.39 is 24.2 Å². The second-order valence-corrected chi connectivity index (χ2v) is 8.05. The van der Waals surface area contributed by atoms with Crippen LogP contribution < -0.4 is 10.6 Å². The topological polar surface area (TPSA) is 59.0 Å². The average molecular weight is 420 g/mol. The fourth-order valence-corrected chi connectivity index (χ4v) is 4.02. The number of nitrogens with one attached hydrogen (secondary N) is 2. The van der Waals surface area contributed by atoms with E-state index in [1.165, 1.54) is 17.4 Å². The van der Waals surface area contributed by atoms with E-state index in [9.17, 15) is 18.0 Å². The molecule has 2 atom stereocenters. The summed E-state index contributed by atoms with van der Waals surface area (Å²) in [5.41, 5.74) is 1.76. The van der Waals surface area contributed by atoms with Crippen molar-refractivity contribution in [1.29, 1.82) is 0 Å². The maximum atomic E-state index is 13.7. The fourth-order valence-electron chi connectivity index (χ4n) is 3.37. The van der Waals surface area contributed by atoms with E-state index >= 15 is 0 Å². The van der Waals surface area contributed by atoms with Gasteiger partial charge in [-0.25, -0.2) is 4.68 Å². The van der Waals surface area contributed by atoms with Crippen LogP contribution in [0.5, 0.6) is 0 Å². The predicted molar refractivity (Wildman–Crippen MR) is 105 cm³/mol. The van der Waals surface area contributed by atoms with Crippen molar-refractivity contribution in [1.82, 2.24) is 15.1 Å². The fraction of sp³-hybridized carbons (Fsp3) is 0.300. The first-order chi connectivity index (χ1) is 13.8. The molecule has 0 bridgehead atoms. The SMILES string of the molecule is Cc1ccc([C@H]2C[C@@H](C(F)(F)F)n3nc(C(=O)NCc4cccs4)cc3N2)cc1. The van der Waals surface area contributed by atoms with Crippen molar-refractivity contribution in [3.8, 4) is 0 Å². The second-order valence-electron chi connectivity index (χ2n) is 7.02. The number of aromatic nitrogens is 2. The zero-order valence-corrected chi connectivity index (χ0v) is 16.3. The number of thiophene rings is 1. The summed E-state index contributed by atoms with van der Waals surface area (Å²) in [6.07, 6.45) is -4.67. The number of halogens is 3. The van der Waals surface area contributed by atoms with Gasteiger partial charge < -0.3 is 10.6 Å². The van der Waals surface area contributed by atoms with Crippen LogP contribution in [0.2, 0.25) is 0 Å². The van der Waals surface area contributed by atoms with Crippen LogP contribution >= 0.6 is 11.3 Å². The third-order valence-electron chi connectivity index (χ3n) is 4.91. The van der Waals surface area contributed by atoms with E-state index in [1.807, 2.05) is 48.7 Å². The Morgan fingerprint density at radius 3 is 2.72 bits per heavy atom. The van der Waals surface area contributed by atoms with Gasteiger partial charge in [0, 0.05) is 17.4 Å². The number of fused-ring (bicyclic) bond motifs is 1. The Morgan fingerprint density at radius 2 is 2.07 bits per heavy atom. The Hall–Kier alpha value is -2.81. The number of nitrogens with zero attached hydrogens (tertiary/aromatic N) is 2. The van der Waals surface area contributed by atoms with Crippen molar-refractivity contribution >= 4 is 23.1 Å². The first-order valence-electron chi connectivity index (χ1n) is 9.11. The van der Waals surface area contributed by atoms with Crippen molar-refractivity contribution in [2.75, 3.05) is 5.32 Å². The molecule has 9 heteroatoms. The maximum absolute atomic E-state index is 13.7. The minimum atomic E-state index is -4.48. The molecule has 1 amide bonds. The van der Waals surface area contributed by atoms with Gasteiger partial charge >= 0.3 is 6.18 Å². The molecule has 4 rings (SSSR count). The lowest BCUT2D eigenvalue weighted by Crippen LogP contribution is -2.35. The number of anilines is 1. The zero-order chi connectivity index (χ0) is 20.6. The number of amides is 1. The molecule has 5 nitrogen and oxygen atoms in total. The van der Waals surface area contributed by atoms with Gasteiger partial charge in [0.1, 0.15) is 5.82 Å². The van der Waals surface area contributed by atoms with Crippen LogP contribution in [0, 0.1) is 6.92 Å². The molecule has 0 radical (unpaired) electrons. The van der Waals surface area contributed by atoms with Crippen LogP contribution in [0.4, 0.5) is 19.0 Å². The number of hydrogen-bond acceptors (Lipinski definition) is 4. The normalized spacial score (nSPS) is 18.8. The van der Waals surface area contributed by atoms with Gasteiger partial charge in [0.25, 0.3) is 5.91 Å². The highest BCUT2D eigenvalue weighted by molar-refractivity contribution is 7.09. The van der Waals surface area contributed by atoms with E-state index in [0.29, 0.717) is 6.54 Å². The largest absolute Gasteiger partial charge is 0.410 e. The van der Waals surface area contributed by atoms with Gasteiger partial charge in [0.2, 0.25) is 0 Å². The number of hydrogen-bond donors (Lipinski definition) is 2. The van der Waals surface area contributed by atoms with Crippen molar-refractivity contribution in [2.45, 2.75) is 38.1 Å². The molecule has 0 spiro atoms. The number of carbonyl (C=O) groups excluding carboxylic acids is 1. The summed E-state index contributed by atoms with van der Waals surface area (Å²) in [5.74, 6) is -0.319. The van der Waals surface area contributed by atoms with Crippen molar-refractivity contribution in [2.24, 2.45) is 0 Å². The third kappa shape index (κ3) is 4.14. The molecule has 2 N–H and O–H groups in total. The molecule has 1 aliphatic rings. The number of aryl methyl sites for hydroxylation is 1. The lowest BCUT2D eigenvalue weighted by Gasteiger charge is -2.33. The maximum Gasteiger partial charge on any atom is 0.410 e. The standard InChI is InChI=1S/C20H19F3N4OS/c1-12-4-6-13(7-5-12)15-9-17(20(21,22)23)27-18(25-15)10-16(26-27)19(28)24-11-14-3-2-8-29-14/h2-8,10,15,17,25H,9,11H2,1H3,(H,24,28)/t15-,17+/m1/s1. The number of alkyl halides is 3. The molecule has 0 aliphatic carbocycles. The Morgan fingerprint density at radius 1 is 1.31 bits per heavy atom. The summed E-state index contributed by atoms with van der Waals surface area (Å²) in [7, 11) is 0. The van der Waals surface area contributed by atoms with Crippen molar-refractivity contribution in [3.05, 3.63) is 69.5 Å². The minimum absolute atomic E-state index is 0.0390. The molecule has 3 heterocycles. The smallest absolute Gasteiger partial charge is 0.363 e. The van der Waals surface area contributed by atoms with Crippen molar-refractivity contribution < 1.29 is 18.0 Å². The first kappa shape index (κ1) is 19.5. The monoisotopic (exact) mass is 420 g/mol. The van der Waals surface area contributed by atoms with Crippen molar-refractivity contribution in [3.63, 3.8) is 0 Å². The Bertz CT molecular complexity index is 996. The van der Waals surface area contributed by atoms with E-state index in [-0.39, 0.29) is 17.9 Å². The van der Waals surface area contributed by atoms with Gasteiger partial charge in [0.05, 0.1) is 12.6 Å². The van der Waals surface area contributed by atoms with Crippen LogP contribution in [0.3, 0.4) is 0 Å².